The van der Waals surface area contributed by atoms with Crippen molar-refractivity contribution in [2.24, 2.45) is 0 Å². The van der Waals surface area contributed by atoms with Gasteiger partial charge >= 0.3 is 0 Å². The largest absolute Gasteiger partial charge is 0.507 e. The Kier molecular flexibility index (Phi) is 3.62. The summed E-state index contributed by atoms with van der Waals surface area (Å²) in [5.41, 5.74) is 0.148. The van der Waals surface area contributed by atoms with Gasteiger partial charge in [0.25, 0.3) is 5.91 Å². The van der Waals surface area contributed by atoms with E-state index in [1.165, 1.54) is 12.1 Å². The Labute approximate surface area is 111 Å². The molecule has 0 saturated carbocycles. The summed E-state index contributed by atoms with van der Waals surface area (Å²) in [5.74, 6) is -1.84. The first-order chi connectivity index (χ1) is 8.58. The van der Waals surface area contributed by atoms with Gasteiger partial charge in [0, 0.05) is 10.2 Å². The van der Waals surface area contributed by atoms with E-state index in [0.29, 0.717) is 5.69 Å². The molecule has 0 saturated heterocycles. The number of halogens is 2. The van der Waals surface area contributed by atoms with Crippen LogP contribution in [0.1, 0.15) is 10.4 Å². The molecule has 92 valence electrons. The smallest absolute Gasteiger partial charge is 0.262 e. The quantitative estimate of drug-likeness (QED) is 0.891. The number of carbonyl (C=O) groups excluding carboxylic acids is 1. The van der Waals surface area contributed by atoms with Crippen LogP contribution >= 0.6 is 15.9 Å². The van der Waals surface area contributed by atoms with E-state index < -0.39 is 11.7 Å². The molecule has 2 aromatic carbocycles. The number of hydrogen-bond donors (Lipinski definition) is 2. The molecule has 5 heteroatoms. The van der Waals surface area contributed by atoms with Crippen LogP contribution in [0.4, 0.5) is 10.1 Å². The molecule has 18 heavy (non-hydrogen) atoms. The van der Waals surface area contributed by atoms with Crippen LogP contribution in [0.15, 0.2) is 46.9 Å². The van der Waals surface area contributed by atoms with Crippen molar-refractivity contribution in [3.8, 4) is 5.75 Å². The van der Waals surface area contributed by atoms with Gasteiger partial charge in [-0.25, -0.2) is 4.39 Å². The number of rotatable bonds is 2. The molecule has 2 aromatic rings. The van der Waals surface area contributed by atoms with Crippen molar-refractivity contribution in [3.63, 3.8) is 0 Å². The minimum absolute atomic E-state index is 0.363. The molecule has 0 unspecified atom stereocenters. The fourth-order valence-electron chi connectivity index (χ4n) is 1.50. The van der Waals surface area contributed by atoms with Gasteiger partial charge in [0.05, 0.1) is 0 Å². The molecule has 2 N–H and O–H groups in total. The molecule has 2 rings (SSSR count). The highest BCUT2D eigenvalue weighted by Crippen LogP contribution is 2.22. The van der Waals surface area contributed by atoms with E-state index in [9.17, 15) is 14.3 Å². The summed E-state index contributed by atoms with van der Waals surface area (Å²) in [5, 5.41) is 12.0. The maximum Gasteiger partial charge on any atom is 0.262 e. The number of hydrogen-bond acceptors (Lipinski definition) is 2. The second-order valence-corrected chi connectivity index (χ2v) is 4.51. The topological polar surface area (TPSA) is 49.3 Å². The summed E-state index contributed by atoms with van der Waals surface area (Å²) in [7, 11) is 0. The number of benzene rings is 2. The minimum atomic E-state index is -0.762. The Morgan fingerprint density at radius 1 is 1.22 bits per heavy atom. The molecule has 0 radical (unpaired) electrons. The van der Waals surface area contributed by atoms with E-state index in [1.807, 2.05) is 0 Å². The first-order valence-electron chi connectivity index (χ1n) is 5.12. The Balaban J connectivity index is 2.28. The van der Waals surface area contributed by atoms with Gasteiger partial charge in [-0.3, -0.25) is 4.79 Å². The van der Waals surface area contributed by atoms with Crippen molar-refractivity contribution in [2.75, 3.05) is 5.32 Å². The third-order valence-electron chi connectivity index (χ3n) is 2.30. The van der Waals surface area contributed by atoms with Gasteiger partial charge in [0.1, 0.15) is 17.1 Å². The van der Waals surface area contributed by atoms with Crippen LogP contribution in [-0.2, 0) is 0 Å². The van der Waals surface area contributed by atoms with Gasteiger partial charge in [-0.1, -0.05) is 28.1 Å². The lowest BCUT2D eigenvalue weighted by atomic mass is 10.1. The zero-order chi connectivity index (χ0) is 13.1. The van der Waals surface area contributed by atoms with Crippen molar-refractivity contribution in [3.05, 3.63) is 58.3 Å². The second kappa shape index (κ2) is 5.18. The molecule has 0 aliphatic rings. The molecule has 0 fully saturated rings. The number of phenolic OH excluding ortho intramolecular Hbond substituents is 1. The summed E-state index contributed by atoms with van der Waals surface area (Å²) in [6.45, 7) is 0. The van der Waals surface area contributed by atoms with Crippen LogP contribution in [0.2, 0.25) is 0 Å². The van der Waals surface area contributed by atoms with Crippen molar-refractivity contribution in [2.45, 2.75) is 0 Å². The molecule has 0 spiro atoms. The summed E-state index contributed by atoms with van der Waals surface area (Å²) in [4.78, 5) is 11.8. The monoisotopic (exact) mass is 309 g/mol. The molecule has 0 bridgehead atoms. The molecule has 0 aromatic heterocycles. The summed E-state index contributed by atoms with van der Waals surface area (Å²) >= 11 is 3.26. The van der Waals surface area contributed by atoms with Crippen LogP contribution in [0.3, 0.4) is 0 Å². The predicted octanol–water partition coefficient (Wildman–Crippen LogP) is 3.55. The summed E-state index contributed by atoms with van der Waals surface area (Å²) in [6, 6.07) is 10.6. The Morgan fingerprint density at radius 3 is 2.61 bits per heavy atom. The van der Waals surface area contributed by atoms with E-state index in [2.05, 4.69) is 21.2 Å². The number of anilines is 1. The molecular weight excluding hydrogens is 301 g/mol. The molecule has 0 heterocycles. The van der Waals surface area contributed by atoms with E-state index in [4.69, 9.17) is 0 Å². The standard InChI is InChI=1S/C13H9BrFNO2/c14-8-3-1-4-9(7-8)16-13(18)12-10(15)5-2-6-11(12)17/h1-7,17H,(H,16,18). The predicted molar refractivity (Wildman–Crippen MR) is 70.2 cm³/mol. The zero-order valence-corrected chi connectivity index (χ0v) is 10.7. The lowest BCUT2D eigenvalue weighted by Crippen LogP contribution is -2.13. The van der Waals surface area contributed by atoms with E-state index in [0.717, 1.165) is 10.5 Å². The highest BCUT2D eigenvalue weighted by molar-refractivity contribution is 9.10. The number of nitrogens with one attached hydrogen (secondary N) is 1. The molecule has 0 aliphatic carbocycles. The Bertz CT molecular complexity index is 581. The van der Waals surface area contributed by atoms with Crippen molar-refractivity contribution < 1.29 is 14.3 Å². The van der Waals surface area contributed by atoms with Crippen molar-refractivity contribution >= 4 is 27.5 Å². The first kappa shape index (κ1) is 12.6. The van der Waals surface area contributed by atoms with Gasteiger partial charge in [-0.2, -0.15) is 0 Å². The SMILES string of the molecule is O=C(Nc1cccc(Br)c1)c1c(O)cccc1F. The first-order valence-corrected chi connectivity index (χ1v) is 5.91. The van der Waals surface area contributed by atoms with Gasteiger partial charge < -0.3 is 10.4 Å². The maximum atomic E-state index is 13.5. The van der Waals surface area contributed by atoms with E-state index in [-0.39, 0.29) is 11.3 Å². The van der Waals surface area contributed by atoms with Crippen LogP contribution < -0.4 is 5.32 Å². The van der Waals surface area contributed by atoms with Gasteiger partial charge in [0.2, 0.25) is 0 Å². The molecule has 3 nitrogen and oxygen atoms in total. The highest BCUT2D eigenvalue weighted by Gasteiger charge is 2.16. The number of amides is 1. The maximum absolute atomic E-state index is 13.5. The Hall–Kier alpha value is -1.88. The number of aromatic hydroxyl groups is 1. The van der Waals surface area contributed by atoms with Crippen molar-refractivity contribution in [1.29, 1.82) is 0 Å². The Morgan fingerprint density at radius 2 is 1.94 bits per heavy atom. The lowest BCUT2D eigenvalue weighted by molar-refractivity contribution is 0.102. The third kappa shape index (κ3) is 2.68. The van der Waals surface area contributed by atoms with Crippen LogP contribution in [0.5, 0.6) is 5.75 Å². The fourth-order valence-corrected chi connectivity index (χ4v) is 1.90. The molecule has 1 amide bonds. The van der Waals surface area contributed by atoms with Crippen molar-refractivity contribution in [1.82, 2.24) is 0 Å². The lowest BCUT2D eigenvalue weighted by Gasteiger charge is -2.07. The normalized spacial score (nSPS) is 10.1. The van der Waals surface area contributed by atoms with E-state index >= 15 is 0 Å². The van der Waals surface area contributed by atoms with Crippen LogP contribution in [0, 0.1) is 5.82 Å². The second-order valence-electron chi connectivity index (χ2n) is 3.60. The number of carbonyl (C=O) groups is 1. The minimum Gasteiger partial charge on any atom is -0.507 e. The van der Waals surface area contributed by atoms with Gasteiger partial charge in [0.15, 0.2) is 0 Å². The van der Waals surface area contributed by atoms with Crippen LogP contribution in [0.25, 0.3) is 0 Å². The molecular formula is C13H9BrFNO2. The average Bonchev–Trinajstić information content (AvgIpc) is 2.28. The number of phenols is 1. The summed E-state index contributed by atoms with van der Waals surface area (Å²) in [6.07, 6.45) is 0. The van der Waals surface area contributed by atoms with Gasteiger partial charge in [-0.05, 0) is 30.3 Å². The summed E-state index contributed by atoms with van der Waals surface area (Å²) < 4.78 is 14.2. The fraction of sp³-hybridized carbons (Fsp3) is 0. The van der Waals surface area contributed by atoms with E-state index in [1.54, 1.807) is 24.3 Å². The highest BCUT2D eigenvalue weighted by atomic mass is 79.9. The van der Waals surface area contributed by atoms with Gasteiger partial charge in [-0.15, -0.1) is 0 Å². The molecule has 0 aliphatic heterocycles. The average molecular weight is 310 g/mol. The van der Waals surface area contributed by atoms with Crippen LogP contribution in [-0.4, -0.2) is 11.0 Å². The molecule has 0 atom stereocenters. The zero-order valence-electron chi connectivity index (χ0n) is 9.15. The third-order valence-corrected chi connectivity index (χ3v) is 2.79.